The van der Waals surface area contributed by atoms with E-state index in [-0.39, 0.29) is 17.9 Å². The van der Waals surface area contributed by atoms with Crippen molar-refractivity contribution in [1.82, 2.24) is 15.6 Å². The Morgan fingerprint density at radius 2 is 2.47 bits per heavy atom. The van der Waals surface area contributed by atoms with Gasteiger partial charge in [-0.2, -0.15) is 0 Å². The number of carbonyl (C=O) groups excluding carboxylic acids is 1. The van der Waals surface area contributed by atoms with Gasteiger partial charge < -0.3 is 15.5 Å². The van der Waals surface area contributed by atoms with Gasteiger partial charge in [0, 0.05) is 31.4 Å². The van der Waals surface area contributed by atoms with Crippen LogP contribution in [0.5, 0.6) is 0 Å². The number of nitrogens with one attached hydrogen (secondary N) is 2. The molecule has 2 unspecified atom stereocenters. The number of nitrogens with zero attached hydrogens (tertiary/aromatic N) is 2. The number of carbonyl (C=O) groups is 1. The Morgan fingerprint density at radius 3 is 3.32 bits per heavy atom. The molecule has 0 aliphatic carbocycles. The zero-order chi connectivity index (χ0) is 13.2. The molecule has 3 heterocycles. The van der Waals surface area contributed by atoms with Gasteiger partial charge in [-0.05, 0) is 26.0 Å². The highest BCUT2D eigenvalue weighted by Crippen LogP contribution is 2.32. The zero-order valence-corrected chi connectivity index (χ0v) is 11.2. The van der Waals surface area contributed by atoms with Crippen molar-refractivity contribution in [2.75, 3.05) is 25.0 Å². The molecule has 102 valence electrons. The molecule has 2 atom stereocenters. The van der Waals surface area contributed by atoms with Gasteiger partial charge in [0.15, 0.2) is 0 Å². The van der Waals surface area contributed by atoms with Gasteiger partial charge in [-0.1, -0.05) is 6.07 Å². The standard InChI is InChI=1S/C14H20N4O/c1-15-8-10-4-2-6-16-13(10)18-7-3-5-11-12(18)9-17-14(11)19/h2,4,6,11-12,15H,3,5,7-9H2,1H3,(H,17,19). The Balaban J connectivity index is 1.91. The minimum Gasteiger partial charge on any atom is -0.354 e. The third kappa shape index (κ3) is 2.18. The normalized spacial score (nSPS) is 26.2. The average molecular weight is 260 g/mol. The van der Waals surface area contributed by atoms with Crippen molar-refractivity contribution in [3.8, 4) is 0 Å². The molecule has 0 aromatic carbocycles. The van der Waals surface area contributed by atoms with E-state index in [4.69, 9.17) is 0 Å². The van der Waals surface area contributed by atoms with Crippen LogP contribution in [0.15, 0.2) is 18.3 Å². The predicted octanol–water partition coefficient (Wildman–Crippen LogP) is 0.516. The van der Waals surface area contributed by atoms with Crippen molar-refractivity contribution < 1.29 is 4.79 Å². The van der Waals surface area contributed by atoms with Crippen molar-refractivity contribution in [3.63, 3.8) is 0 Å². The van der Waals surface area contributed by atoms with Crippen LogP contribution in [0.25, 0.3) is 0 Å². The summed E-state index contributed by atoms with van der Waals surface area (Å²) in [5, 5.41) is 6.17. The molecule has 0 spiro atoms. The first-order valence-electron chi connectivity index (χ1n) is 6.94. The van der Waals surface area contributed by atoms with E-state index < -0.39 is 0 Å². The minimum atomic E-state index is 0.137. The number of pyridine rings is 1. The molecule has 5 nitrogen and oxygen atoms in total. The van der Waals surface area contributed by atoms with E-state index in [1.807, 2.05) is 19.3 Å². The van der Waals surface area contributed by atoms with Crippen LogP contribution in [0, 0.1) is 5.92 Å². The number of rotatable bonds is 3. The van der Waals surface area contributed by atoms with Crippen LogP contribution in [0.3, 0.4) is 0 Å². The number of anilines is 1. The minimum absolute atomic E-state index is 0.137. The highest BCUT2D eigenvalue weighted by atomic mass is 16.2. The molecule has 2 fully saturated rings. The fraction of sp³-hybridized carbons (Fsp3) is 0.571. The van der Waals surface area contributed by atoms with Crippen molar-refractivity contribution in [2.45, 2.75) is 25.4 Å². The van der Waals surface area contributed by atoms with E-state index >= 15 is 0 Å². The van der Waals surface area contributed by atoms with E-state index in [0.717, 1.165) is 38.3 Å². The van der Waals surface area contributed by atoms with Gasteiger partial charge in [0.25, 0.3) is 0 Å². The van der Waals surface area contributed by atoms with Crippen molar-refractivity contribution in [3.05, 3.63) is 23.9 Å². The second-order valence-electron chi connectivity index (χ2n) is 5.27. The van der Waals surface area contributed by atoms with E-state index in [1.165, 1.54) is 5.56 Å². The Labute approximate surface area is 113 Å². The van der Waals surface area contributed by atoms with Gasteiger partial charge in [0.2, 0.25) is 5.91 Å². The third-order valence-corrected chi connectivity index (χ3v) is 4.11. The fourth-order valence-corrected chi connectivity index (χ4v) is 3.23. The smallest absolute Gasteiger partial charge is 0.225 e. The van der Waals surface area contributed by atoms with Gasteiger partial charge in [0.05, 0.1) is 12.0 Å². The summed E-state index contributed by atoms with van der Waals surface area (Å²) in [6.45, 7) is 2.54. The van der Waals surface area contributed by atoms with Crippen LogP contribution >= 0.6 is 0 Å². The molecule has 2 N–H and O–H groups in total. The summed E-state index contributed by atoms with van der Waals surface area (Å²) in [5.41, 5.74) is 1.20. The molecule has 1 aromatic rings. The summed E-state index contributed by atoms with van der Waals surface area (Å²) in [6, 6.07) is 4.34. The Kier molecular flexibility index (Phi) is 3.38. The third-order valence-electron chi connectivity index (χ3n) is 4.11. The molecule has 2 saturated heterocycles. The topological polar surface area (TPSA) is 57.3 Å². The first-order valence-corrected chi connectivity index (χ1v) is 6.94. The Bertz CT molecular complexity index is 476. The molecule has 0 saturated carbocycles. The largest absolute Gasteiger partial charge is 0.354 e. The molecule has 2 aliphatic heterocycles. The molecular weight excluding hydrogens is 240 g/mol. The summed E-state index contributed by atoms with van der Waals surface area (Å²) >= 11 is 0. The number of hydrogen-bond donors (Lipinski definition) is 2. The first-order chi connectivity index (χ1) is 9.31. The SMILES string of the molecule is CNCc1cccnc1N1CCCC2C(=O)NCC21. The van der Waals surface area contributed by atoms with Crippen LogP contribution in [0.4, 0.5) is 5.82 Å². The molecule has 0 radical (unpaired) electrons. The lowest BCUT2D eigenvalue weighted by molar-refractivity contribution is -0.122. The summed E-state index contributed by atoms with van der Waals surface area (Å²) in [4.78, 5) is 18.7. The lowest BCUT2D eigenvalue weighted by Crippen LogP contribution is -2.46. The van der Waals surface area contributed by atoms with Gasteiger partial charge in [-0.25, -0.2) is 4.98 Å². The number of amides is 1. The van der Waals surface area contributed by atoms with Crippen LogP contribution < -0.4 is 15.5 Å². The number of aromatic nitrogens is 1. The molecule has 0 bridgehead atoms. The monoisotopic (exact) mass is 260 g/mol. The quantitative estimate of drug-likeness (QED) is 0.832. The van der Waals surface area contributed by atoms with Crippen LogP contribution in [0.1, 0.15) is 18.4 Å². The lowest BCUT2D eigenvalue weighted by Gasteiger charge is -2.37. The lowest BCUT2D eigenvalue weighted by atomic mass is 9.91. The summed E-state index contributed by atoms with van der Waals surface area (Å²) in [6.07, 6.45) is 3.90. The molecule has 1 aromatic heterocycles. The maximum absolute atomic E-state index is 11.8. The van der Waals surface area contributed by atoms with Crippen molar-refractivity contribution >= 4 is 11.7 Å². The van der Waals surface area contributed by atoms with Crippen molar-refractivity contribution in [1.29, 1.82) is 0 Å². The Morgan fingerprint density at radius 1 is 1.58 bits per heavy atom. The number of piperidine rings is 1. The predicted molar refractivity (Wildman–Crippen MR) is 73.9 cm³/mol. The number of fused-ring (bicyclic) bond motifs is 1. The summed E-state index contributed by atoms with van der Waals surface area (Å²) < 4.78 is 0. The highest BCUT2D eigenvalue weighted by molar-refractivity contribution is 5.83. The number of hydrogen-bond acceptors (Lipinski definition) is 4. The zero-order valence-electron chi connectivity index (χ0n) is 11.2. The summed E-state index contributed by atoms with van der Waals surface area (Å²) in [5.74, 6) is 1.38. The van der Waals surface area contributed by atoms with E-state index in [1.54, 1.807) is 0 Å². The first kappa shape index (κ1) is 12.4. The maximum Gasteiger partial charge on any atom is 0.225 e. The van der Waals surface area contributed by atoms with Gasteiger partial charge in [0.1, 0.15) is 5.82 Å². The van der Waals surface area contributed by atoms with Gasteiger partial charge >= 0.3 is 0 Å². The molecular formula is C14H20N4O. The highest BCUT2D eigenvalue weighted by Gasteiger charge is 2.41. The second-order valence-corrected chi connectivity index (χ2v) is 5.27. The average Bonchev–Trinajstić information content (AvgIpc) is 2.82. The molecule has 1 amide bonds. The van der Waals surface area contributed by atoms with E-state index in [9.17, 15) is 4.79 Å². The maximum atomic E-state index is 11.8. The van der Waals surface area contributed by atoms with E-state index in [0.29, 0.717) is 0 Å². The van der Waals surface area contributed by atoms with Crippen LogP contribution in [0.2, 0.25) is 0 Å². The second kappa shape index (κ2) is 5.17. The van der Waals surface area contributed by atoms with Gasteiger partial charge in [-0.15, -0.1) is 0 Å². The molecule has 5 heteroatoms. The van der Waals surface area contributed by atoms with Crippen LogP contribution in [-0.4, -0.2) is 37.1 Å². The van der Waals surface area contributed by atoms with Crippen LogP contribution in [-0.2, 0) is 11.3 Å². The Hall–Kier alpha value is -1.62. The van der Waals surface area contributed by atoms with E-state index in [2.05, 4.69) is 26.6 Å². The van der Waals surface area contributed by atoms with Gasteiger partial charge in [-0.3, -0.25) is 4.79 Å². The molecule has 3 rings (SSSR count). The summed E-state index contributed by atoms with van der Waals surface area (Å²) in [7, 11) is 1.94. The molecule has 2 aliphatic rings. The van der Waals surface area contributed by atoms with Crippen molar-refractivity contribution in [2.24, 2.45) is 5.92 Å². The molecule has 19 heavy (non-hydrogen) atoms. The fourth-order valence-electron chi connectivity index (χ4n) is 3.23.